The summed E-state index contributed by atoms with van der Waals surface area (Å²) >= 11 is 0. The molecule has 0 radical (unpaired) electrons. The lowest BCUT2D eigenvalue weighted by molar-refractivity contribution is -0.682. The largest absolute Gasteiger partial charge is 0.216 e. The number of fused-ring (bicyclic) bond motifs is 5. The summed E-state index contributed by atoms with van der Waals surface area (Å²) in [7, 11) is 0. The smallest absolute Gasteiger partial charge is 0.184 e. The Balaban J connectivity index is 2.20. The number of para-hydroxylation sites is 1. The Labute approximate surface area is 131 Å². The average molecular weight is 286 g/mol. The molecule has 3 aromatic rings. The van der Waals surface area contributed by atoms with Crippen molar-refractivity contribution in [3.8, 4) is 11.3 Å². The third kappa shape index (κ3) is 1.69. The van der Waals surface area contributed by atoms with Crippen molar-refractivity contribution < 1.29 is 4.57 Å². The van der Waals surface area contributed by atoms with Gasteiger partial charge in [0.05, 0.1) is 5.56 Å². The molecule has 0 saturated carbocycles. The van der Waals surface area contributed by atoms with Gasteiger partial charge in [0, 0.05) is 22.9 Å². The first-order valence-electron chi connectivity index (χ1n) is 7.88. The van der Waals surface area contributed by atoms with Gasteiger partial charge in [-0.1, -0.05) is 43.8 Å². The summed E-state index contributed by atoms with van der Waals surface area (Å²) in [4.78, 5) is 0. The van der Waals surface area contributed by atoms with Crippen molar-refractivity contribution in [1.29, 1.82) is 0 Å². The third-order valence-electron chi connectivity index (χ3n) is 4.94. The first-order valence-corrected chi connectivity index (χ1v) is 7.88. The summed E-state index contributed by atoms with van der Waals surface area (Å²) in [6.45, 7) is 8.64. The number of allylic oxidation sites excluding steroid dienone is 1. The fraction of sp³-hybridized carbons (Fsp3) is 0.190. The van der Waals surface area contributed by atoms with Gasteiger partial charge < -0.3 is 0 Å². The molecule has 4 rings (SSSR count). The van der Waals surface area contributed by atoms with E-state index >= 15 is 0 Å². The topological polar surface area (TPSA) is 3.88 Å². The van der Waals surface area contributed by atoms with E-state index in [0.717, 1.165) is 0 Å². The first-order chi connectivity index (χ1) is 10.7. The Bertz CT molecular complexity index is 892. The van der Waals surface area contributed by atoms with Crippen molar-refractivity contribution in [3.05, 3.63) is 78.4 Å². The van der Waals surface area contributed by atoms with Gasteiger partial charge in [-0.05, 0) is 36.8 Å². The maximum Gasteiger partial charge on any atom is 0.216 e. The van der Waals surface area contributed by atoms with Crippen LogP contribution < -0.4 is 4.57 Å². The number of aryl methyl sites for hydroxylation is 1. The zero-order valence-corrected chi connectivity index (χ0v) is 13.1. The number of hydrogen-bond acceptors (Lipinski definition) is 0. The first kappa shape index (κ1) is 13.3. The molecule has 0 fully saturated rings. The van der Waals surface area contributed by atoms with E-state index in [2.05, 4.69) is 85.7 Å². The highest BCUT2D eigenvalue weighted by molar-refractivity contribution is 5.80. The number of rotatable bonds is 1. The highest BCUT2D eigenvalue weighted by Crippen LogP contribution is 2.40. The molecular weight excluding hydrogens is 266 g/mol. The summed E-state index contributed by atoms with van der Waals surface area (Å²) < 4.78 is 2.48. The number of nitrogens with zero attached hydrogens (tertiary/aromatic N) is 1. The third-order valence-corrected chi connectivity index (χ3v) is 4.94. The van der Waals surface area contributed by atoms with Crippen molar-refractivity contribution in [2.24, 2.45) is 0 Å². The minimum Gasteiger partial charge on any atom is -0.184 e. The van der Waals surface area contributed by atoms with E-state index in [9.17, 15) is 0 Å². The van der Waals surface area contributed by atoms with Gasteiger partial charge in [0.2, 0.25) is 11.2 Å². The minimum absolute atomic E-state index is 0.287. The predicted molar refractivity (Wildman–Crippen MR) is 92.0 cm³/mol. The molecule has 1 heteroatoms. The van der Waals surface area contributed by atoms with Crippen LogP contribution in [0.25, 0.3) is 22.2 Å². The summed E-state index contributed by atoms with van der Waals surface area (Å²) in [5.74, 6) is 0.427. The van der Waals surface area contributed by atoms with Gasteiger partial charge in [0.1, 0.15) is 0 Å². The Morgan fingerprint density at radius 2 is 1.77 bits per heavy atom. The fourth-order valence-electron chi connectivity index (χ4n) is 3.92. The second kappa shape index (κ2) is 4.81. The van der Waals surface area contributed by atoms with Crippen molar-refractivity contribution in [2.45, 2.75) is 25.8 Å². The molecule has 108 valence electrons. The van der Waals surface area contributed by atoms with E-state index in [4.69, 9.17) is 0 Å². The molecule has 2 aromatic carbocycles. The molecule has 1 aliphatic rings. The van der Waals surface area contributed by atoms with Gasteiger partial charge in [0.25, 0.3) is 0 Å². The van der Waals surface area contributed by atoms with Gasteiger partial charge in [-0.15, -0.1) is 0 Å². The molecule has 1 aliphatic heterocycles. The molecule has 0 aliphatic carbocycles. The molecule has 1 nitrogen and oxygen atoms in total. The number of aromatic nitrogens is 1. The van der Waals surface area contributed by atoms with E-state index in [1.54, 1.807) is 0 Å². The van der Waals surface area contributed by atoms with E-state index in [1.807, 2.05) is 0 Å². The van der Waals surface area contributed by atoms with Gasteiger partial charge in [-0.3, -0.25) is 0 Å². The number of benzene rings is 2. The van der Waals surface area contributed by atoms with Crippen LogP contribution in [0.3, 0.4) is 0 Å². The Morgan fingerprint density at radius 3 is 2.59 bits per heavy atom. The zero-order chi connectivity index (χ0) is 15.3. The van der Waals surface area contributed by atoms with Crippen molar-refractivity contribution >= 4 is 10.9 Å². The molecule has 2 atom stereocenters. The predicted octanol–water partition coefficient (Wildman–Crippen LogP) is 4.95. The van der Waals surface area contributed by atoms with Crippen LogP contribution in [-0.2, 0) is 0 Å². The second-order valence-electron chi connectivity index (χ2n) is 6.21. The fourth-order valence-corrected chi connectivity index (χ4v) is 3.92. The van der Waals surface area contributed by atoms with E-state index < -0.39 is 0 Å². The van der Waals surface area contributed by atoms with Crippen LogP contribution in [0.4, 0.5) is 0 Å². The Kier molecular flexibility index (Phi) is 2.90. The van der Waals surface area contributed by atoms with Gasteiger partial charge >= 0.3 is 0 Å². The molecule has 0 saturated heterocycles. The molecule has 0 spiro atoms. The van der Waals surface area contributed by atoms with Crippen LogP contribution in [0.15, 0.2) is 67.3 Å². The lowest BCUT2D eigenvalue weighted by atomic mass is 9.82. The molecule has 2 heterocycles. The lowest BCUT2D eigenvalue weighted by Gasteiger charge is -2.28. The molecule has 0 amide bonds. The maximum absolute atomic E-state index is 4.12. The van der Waals surface area contributed by atoms with Crippen LogP contribution in [-0.4, -0.2) is 0 Å². The molecular formula is C21H20N+. The summed E-state index contributed by atoms with van der Waals surface area (Å²) in [5.41, 5.74) is 6.72. The molecule has 0 bridgehead atoms. The van der Waals surface area contributed by atoms with E-state index in [1.165, 1.54) is 33.3 Å². The quantitative estimate of drug-likeness (QED) is 0.440. The van der Waals surface area contributed by atoms with E-state index in [-0.39, 0.29) is 6.04 Å². The molecule has 1 aromatic heterocycles. The zero-order valence-electron chi connectivity index (χ0n) is 13.1. The van der Waals surface area contributed by atoms with Crippen LogP contribution in [0.5, 0.6) is 0 Å². The standard InChI is InChI=1S/C21H20N/c1-4-19-15(3)17-10-6-7-11-18(17)21-14(2)13-16-9-5-8-12-20(16)22(19)21/h4-13,15,19H,1H2,2-3H3/q+1. The van der Waals surface area contributed by atoms with Crippen molar-refractivity contribution in [2.75, 3.05) is 0 Å². The number of hydrogen-bond donors (Lipinski definition) is 0. The molecule has 0 N–H and O–H groups in total. The van der Waals surface area contributed by atoms with Gasteiger partial charge in [-0.25, -0.2) is 0 Å². The van der Waals surface area contributed by atoms with Gasteiger partial charge in [0.15, 0.2) is 6.04 Å². The van der Waals surface area contributed by atoms with Crippen LogP contribution in [0.2, 0.25) is 0 Å². The second-order valence-corrected chi connectivity index (χ2v) is 6.21. The highest BCUT2D eigenvalue weighted by atomic mass is 15.0. The highest BCUT2D eigenvalue weighted by Gasteiger charge is 2.38. The van der Waals surface area contributed by atoms with Crippen molar-refractivity contribution in [1.82, 2.24) is 0 Å². The van der Waals surface area contributed by atoms with Gasteiger partial charge in [-0.2, -0.15) is 4.57 Å². The summed E-state index contributed by atoms with van der Waals surface area (Å²) in [6, 6.07) is 20.0. The van der Waals surface area contributed by atoms with Crippen molar-refractivity contribution in [3.63, 3.8) is 0 Å². The lowest BCUT2D eigenvalue weighted by Crippen LogP contribution is -2.47. The van der Waals surface area contributed by atoms with Crippen LogP contribution in [0.1, 0.15) is 30.0 Å². The molecule has 2 unspecified atom stereocenters. The van der Waals surface area contributed by atoms with E-state index in [0.29, 0.717) is 5.92 Å². The number of pyridine rings is 1. The van der Waals surface area contributed by atoms with Crippen LogP contribution in [0, 0.1) is 6.92 Å². The summed E-state index contributed by atoms with van der Waals surface area (Å²) in [6.07, 6.45) is 2.09. The average Bonchev–Trinajstić information content (AvgIpc) is 2.55. The molecule has 22 heavy (non-hydrogen) atoms. The van der Waals surface area contributed by atoms with Crippen LogP contribution >= 0.6 is 0 Å². The Hall–Kier alpha value is -2.41. The maximum atomic E-state index is 4.12. The SMILES string of the molecule is C=CC1C(C)c2ccccc2-c2c(C)cc3ccccc3[n+]21. The monoisotopic (exact) mass is 286 g/mol. The summed E-state index contributed by atoms with van der Waals surface area (Å²) in [5, 5.41) is 1.29. The Morgan fingerprint density at radius 1 is 1.05 bits per heavy atom. The minimum atomic E-state index is 0.287. The normalized spacial score (nSPS) is 19.5.